The van der Waals surface area contributed by atoms with Crippen LogP contribution < -0.4 is 10.1 Å². The van der Waals surface area contributed by atoms with Crippen LogP contribution in [0.3, 0.4) is 0 Å². The van der Waals surface area contributed by atoms with E-state index < -0.39 is 23.8 Å². The quantitative estimate of drug-likeness (QED) is 0.522. The number of aromatic hydroxyl groups is 1. The number of ether oxygens (including phenoxy) is 3. The standard InChI is InChI=1S/C20H28FNO5.C6H6O/c1-13(26-18(23)11-22-19(24)27-20(2,3)4)9-15-7-8-16(21)10-17(15)25-12-14-5-6-14;7-6-4-2-1-3-5-6/h7-8,10,13-14H,5-6,9,11-12H2,1-4H3,(H,22,24);1-5,7H. The van der Waals surface area contributed by atoms with Crippen molar-refractivity contribution in [2.24, 2.45) is 5.92 Å². The zero-order chi connectivity index (χ0) is 25.1. The molecule has 0 bridgehead atoms. The summed E-state index contributed by atoms with van der Waals surface area (Å²) < 4.78 is 29.6. The fourth-order valence-corrected chi connectivity index (χ4v) is 2.83. The molecule has 2 aromatic rings. The topological polar surface area (TPSA) is 94.1 Å². The number of halogens is 1. The van der Waals surface area contributed by atoms with E-state index in [1.165, 1.54) is 12.1 Å². The lowest BCUT2D eigenvalue weighted by atomic mass is 10.1. The first-order valence-corrected chi connectivity index (χ1v) is 11.3. The summed E-state index contributed by atoms with van der Waals surface area (Å²) in [5.74, 6) is 0.418. The van der Waals surface area contributed by atoms with Gasteiger partial charge in [-0.1, -0.05) is 24.3 Å². The first kappa shape index (κ1) is 27.0. The summed E-state index contributed by atoms with van der Waals surface area (Å²) in [5.41, 5.74) is 0.137. The number of esters is 1. The SMILES string of the molecule is CC(Cc1ccc(F)cc1OCC1CC1)OC(=O)CNC(=O)OC(C)(C)C.Oc1ccccc1. The molecule has 1 aliphatic carbocycles. The number of amides is 1. The van der Waals surface area contributed by atoms with Gasteiger partial charge in [0.25, 0.3) is 0 Å². The molecule has 1 aliphatic rings. The molecule has 34 heavy (non-hydrogen) atoms. The van der Waals surface area contributed by atoms with Gasteiger partial charge in [-0.05, 0) is 70.2 Å². The second-order valence-electron chi connectivity index (χ2n) is 9.20. The number of phenolic OH excluding ortho intramolecular Hbond substituents is 1. The molecule has 0 radical (unpaired) electrons. The van der Waals surface area contributed by atoms with Gasteiger partial charge >= 0.3 is 12.1 Å². The van der Waals surface area contributed by atoms with E-state index in [2.05, 4.69) is 5.32 Å². The van der Waals surface area contributed by atoms with Crippen molar-refractivity contribution in [1.29, 1.82) is 0 Å². The van der Waals surface area contributed by atoms with E-state index in [1.54, 1.807) is 58.0 Å². The molecular formula is C26H34FNO6. The molecule has 0 aromatic heterocycles. The van der Waals surface area contributed by atoms with Gasteiger partial charge < -0.3 is 24.6 Å². The van der Waals surface area contributed by atoms with Gasteiger partial charge in [-0.25, -0.2) is 9.18 Å². The minimum Gasteiger partial charge on any atom is -0.508 e. The highest BCUT2D eigenvalue weighted by Gasteiger charge is 2.23. The summed E-state index contributed by atoms with van der Waals surface area (Å²) in [7, 11) is 0. The van der Waals surface area contributed by atoms with Gasteiger partial charge in [0.1, 0.15) is 35.6 Å². The number of alkyl carbamates (subject to hydrolysis) is 1. The molecule has 1 amide bonds. The van der Waals surface area contributed by atoms with Crippen LogP contribution in [0.1, 0.15) is 46.1 Å². The molecule has 7 nitrogen and oxygen atoms in total. The van der Waals surface area contributed by atoms with Gasteiger partial charge in [-0.15, -0.1) is 0 Å². The maximum Gasteiger partial charge on any atom is 0.408 e. The summed E-state index contributed by atoms with van der Waals surface area (Å²) in [4.78, 5) is 23.4. The second kappa shape index (κ2) is 12.8. The summed E-state index contributed by atoms with van der Waals surface area (Å²) >= 11 is 0. The normalized spacial score (nSPS) is 13.7. The van der Waals surface area contributed by atoms with E-state index in [-0.39, 0.29) is 12.4 Å². The van der Waals surface area contributed by atoms with Crippen LogP contribution >= 0.6 is 0 Å². The molecule has 0 aliphatic heterocycles. The van der Waals surface area contributed by atoms with Crippen LogP contribution in [-0.2, 0) is 20.7 Å². The van der Waals surface area contributed by atoms with Crippen LogP contribution in [-0.4, -0.2) is 42.0 Å². The van der Waals surface area contributed by atoms with Gasteiger partial charge in [0, 0.05) is 12.5 Å². The van der Waals surface area contributed by atoms with Crippen molar-refractivity contribution in [2.75, 3.05) is 13.2 Å². The highest BCUT2D eigenvalue weighted by Crippen LogP contribution is 2.31. The van der Waals surface area contributed by atoms with Crippen LogP contribution in [0.2, 0.25) is 0 Å². The Hall–Kier alpha value is -3.29. The number of para-hydroxylation sites is 1. The summed E-state index contributed by atoms with van der Waals surface area (Å²) in [5, 5.41) is 11.0. The van der Waals surface area contributed by atoms with Crippen LogP contribution in [0.5, 0.6) is 11.5 Å². The smallest absolute Gasteiger partial charge is 0.408 e. The average molecular weight is 476 g/mol. The second-order valence-corrected chi connectivity index (χ2v) is 9.20. The molecule has 0 heterocycles. The summed E-state index contributed by atoms with van der Waals surface area (Å²) in [6.45, 7) is 7.23. The van der Waals surface area contributed by atoms with Crippen molar-refractivity contribution >= 4 is 12.1 Å². The van der Waals surface area contributed by atoms with Gasteiger partial charge in [0.15, 0.2) is 0 Å². The van der Waals surface area contributed by atoms with Crippen LogP contribution in [0.25, 0.3) is 0 Å². The van der Waals surface area contributed by atoms with E-state index >= 15 is 0 Å². The Bertz CT molecular complexity index is 925. The van der Waals surface area contributed by atoms with Crippen molar-refractivity contribution in [1.82, 2.24) is 5.32 Å². The Morgan fingerprint density at radius 1 is 1.15 bits per heavy atom. The first-order valence-electron chi connectivity index (χ1n) is 11.3. The third-order valence-corrected chi connectivity index (χ3v) is 4.57. The molecule has 186 valence electrons. The lowest BCUT2D eigenvalue weighted by Crippen LogP contribution is -2.36. The van der Waals surface area contributed by atoms with E-state index in [4.69, 9.17) is 19.3 Å². The predicted octanol–water partition coefficient (Wildman–Crippen LogP) is 5.01. The van der Waals surface area contributed by atoms with E-state index in [0.29, 0.717) is 30.4 Å². The largest absolute Gasteiger partial charge is 0.508 e. The zero-order valence-electron chi connectivity index (χ0n) is 20.2. The number of rotatable bonds is 8. The molecule has 2 N–H and O–H groups in total. The summed E-state index contributed by atoms with van der Waals surface area (Å²) in [6, 6.07) is 13.1. The van der Waals surface area contributed by atoms with Crippen LogP contribution in [0, 0.1) is 11.7 Å². The Balaban J connectivity index is 0.000000497. The number of carbonyl (C=O) groups excluding carboxylic acids is 2. The van der Waals surface area contributed by atoms with Crippen LogP contribution in [0.15, 0.2) is 48.5 Å². The van der Waals surface area contributed by atoms with Crippen molar-refractivity contribution in [3.63, 3.8) is 0 Å². The Labute approximate surface area is 200 Å². The molecule has 0 spiro atoms. The number of nitrogens with one attached hydrogen (secondary N) is 1. The number of carbonyl (C=O) groups is 2. The number of hydrogen-bond donors (Lipinski definition) is 2. The third-order valence-electron chi connectivity index (χ3n) is 4.57. The Morgan fingerprint density at radius 3 is 2.38 bits per heavy atom. The lowest BCUT2D eigenvalue weighted by Gasteiger charge is -2.20. The Kier molecular flexibility index (Phi) is 10.2. The van der Waals surface area contributed by atoms with Crippen molar-refractivity contribution in [3.8, 4) is 11.5 Å². The monoisotopic (exact) mass is 475 g/mol. The van der Waals surface area contributed by atoms with E-state index in [0.717, 1.165) is 18.4 Å². The van der Waals surface area contributed by atoms with Gasteiger partial charge in [0.2, 0.25) is 0 Å². The van der Waals surface area contributed by atoms with Crippen LogP contribution in [0.4, 0.5) is 9.18 Å². The van der Waals surface area contributed by atoms with Gasteiger partial charge in [-0.2, -0.15) is 0 Å². The van der Waals surface area contributed by atoms with Crippen molar-refractivity contribution < 1.29 is 33.3 Å². The number of phenols is 1. The molecule has 8 heteroatoms. The fraction of sp³-hybridized carbons (Fsp3) is 0.462. The maximum atomic E-state index is 13.5. The highest BCUT2D eigenvalue weighted by molar-refractivity contribution is 5.78. The minimum atomic E-state index is -0.679. The van der Waals surface area contributed by atoms with Gasteiger partial charge in [0.05, 0.1) is 6.61 Å². The molecule has 2 aromatic carbocycles. The first-order chi connectivity index (χ1) is 16.0. The average Bonchev–Trinajstić information content (AvgIpc) is 3.57. The molecule has 3 rings (SSSR count). The number of benzene rings is 2. The molecule has 1 atom stereocenters. The molecular weight excluding hydrogens is 441 g/mol. The zero-order valence-corrected chi connectivity index (χ0v) is 20.2. The minimum absolute atomic E-state index is 0.284. The predicted molar refractivity (Wildman–Crippen MR) is 126 cm³/mol. The fourth-order valence-electron chi connectivity index (χ4n) is 2.83. The van der Waals surface area contributed by atoms with Crippen molar-refractivity contribution in [3.05, 3.63) is 59.9 Å². The maximum absolute atomic E-state index is 13.5. The van der Waals surface area contributed by atoms with E-state index in [1.807, 2.05) is 6.07 Å². The highest BCUT2D eigenvalue weighted by atomic mass is 19.1. The molecule has 1 unspecified atom stereocenters. The lowest BCUT2D eigenvalue weighted by molar-refractivity contribution is -0.147. The molecule has 1 fully saturated rings. The molecule has 1 saturated carbocycles. The van der Waals surface area contributed by atoms with Crippen molar-refractivity contribution in [2.45, 2.75) is 58.7 Å². The summed E-state index contributed by atoms with van der Waals surface area (Å²) in [6.07, 6.45) is 1.54. The Morgan fingerprint density at radius 2 is 1.82 bits per heavy atom. The molecule has 0 saturated heterocycles. The third kappa shape index (κ3) is 11.5. The number of hydrogen-bond acceptors (Lipinski definition) is 6. The van der Waals surface area contributed by atoms with E-state index in [9.17, 15) is 14.0 Å². The van der Waals surface area contributed by atoms with Gasteiger partial charge in [-0.3, -0.25) is 4.79 Å².